The number of hydrogen-bond donors (Lipinski definition) is 1. The van der Waals surface area contributed by atoms with Crippen molar-refractivity contribution < 1.29 is 9.47 Å². The Kier molecular flexibility index (Phi) is 5.14. The standard InChI is InChI=1S/C14H20ClNO2/c1-2-7-18-14-4-3-12(10-13(14)15)16-11-5-8-17-9-6-11/h3-4,10-11,16H,2,5-9H2,1H3. The second kappa shape index (κ2) is 6.86. The Hall–Kier alpha value is -0.930. The van der Waals surface area contributed by atoms with Gasteiger partial charge in [-0.15, -0.1) is 0 Å². The zero-order valence-corrected chi connectivity index (χ0v) is 11.5. The Balaban J connectivity index is 1.94. The molecule has 1 aromatic rings. The molecule has 0 atom stereocenters. The fraction of sp³-hybridized carbons (Fsp3) is 0.571. The average Bonchev–Trinajstić information content (AvgIpc) is 2.39. The minimum atomic E-state index is 0.484. The summed E-state index contributed by atoms with van der Waals surface area (Å²) in [6.07, 6.45) is 3.08. The lowest BCUT2D eigenvalue weighted by molar-refractivity contribution is 0.0904. The van der Waals surface area contributed by atoms with Gasteiger partial charge >= 0.3 is 0 Å². The summed E-state index contributed by atoms with van der Waals surface area (Å²) in [5.74, 6) is 0.760. The molecule has 0 amide bonds. The number of hydrogen-bond acceptors (Lipinski definition) is 3. The Morgan fingerprint density at radius 2 is 2.17 bits per heavy atom. The van der Waals surface area contributed by atoms with Crippen molar-refractivity contribution in [2.75, 3.05) is 25.1 Å². The number of benzene rings is 1. The summed E-state index contributed by atoms with van der Waals surface area (Å²) in [5.41, 5.74) is 1.05. The lowest BCUT2D eigenvalue weighted by Gasteiger charge is -2.24. The van der Waals surface area contributed by atoms with E-state index in [2.05, 4.69) is 12.2 Å². The van der Waals surface area contributed by atoms with Crippen LogP contribution in [0.2, 0.25) is 5.02 Å². The van der Waals surface area contributed by atoms with Gasteiger partial charge in [-0.1, -0.05) is 18.5 Å². The van der Waals surface area contributed by atoms with E-state index in [1.165, 1.54) is 0 Å². The summed E-state index contributed by atoms with van der Waals surface area (Å²) in [6, 6.07) is 6.37. The van der Waals surface area contributed by atoms with Gasteiger partial charge in [0, 0.05) is 24.9 Å². The van der Waals surface area contributed by atoms with Crippen LogP contribution < -0.4 is 10.1 Å². The molecule has 0 radical (unpaired) electrons. The molecule has 1 aromatic carbocycles. The zero-order valence-electron chi connectivity index (χ0n) is 10.7. The SMILES string of the molecule is CCCOc1ccc(NC2CCOCC2)cc1Cl. The highest BCUT2D eigenvalue weighted by molar-refractivity contribution is 6.32. The van der Waals surface area contributed by atoms with Gasteiger partial charge in [-0.3, -0.25) is 0 Å². The fourth-order valence-corrected chi connectivity index (χ4v) is 2.23. The van der Waals surface area contributed by atoms with Crippen LogP contribution >= 0.6 is 11.6 Å². The predicted octanol–water partition coefficient (Wildman–Crippen LogP) is 3.72. The number of ether oxygens (including phenoxy) is 2. The molecule has 2 rings (SSSR count). The maximum absolute atomic E-state index is 6.19. The Labute approximate surface area is 113 Å². The van der Waals surface area contributed by atoms with Crippen molar-refractivity contribution in [3.05, 3.63) is 23.2 Å². The third-order valence-electron chi connectivity index (χ3n) is 2.99. The predicted molar refractivity (Wildman–Crippen MR) is 74.7 cm³/mol. The molecule has 0 saturated carbocycles. The lowest BCUT2D eigenvalue weighted by atomic mass is 10.1. The van der Waals surface area contributed by atoms with Crippen LogP contribution in [0.5, 0.6) is 5.75 Å². The van der Waals surface area contributed by atoms with Crippen LogP contribution in [-0.2, 0) is 4.74 Å². The van der Waals surface area contributed by atoms with Crippen molar-refractivity contribution >= 4 is 17.3 Å². The minimum absolute atomic E-state index is 0.484. The van der Waals surface area contributed by atoms with Crippen LogP contribution in [-0.4, -0.2) is 25.9 Å². The van der Waals surface area contributed by atoms with Crippen molar-refractivity contribution in [1.29, 1.82) is 0 Å². The maximum atomic E-state index is 6.19. The first kappa shape index (κ1) is 13.5. The van der Waals surface area contributed by atoms with Gasteiger partial charge in [-0.05, 0) is 37.5 Å². The molecule has 1 N–H and O–H groups in total. The van der Waals surface area contributed by atoms with Crippen molar-refractivity contribution in [3.8, 4) is 5.75 Å². The van der Waals surface area contributed by atoms with Gasteiger partial charge in [-0.25, -0.2) is 0 Å². The molecule has 0 unspecified atom stereocenters. The smallest absolute Gasteiger partial charge is 0.138 e. The van der Waals surface area contributed by atoms with Gasteiger partial charge in [0.05, 0.1) is 11.6 Å². The zero-order chi connectivity index (χ0) is 12.8. The van der Waals surface area contributed by atoms with Crippen LogP contribution in [0.1, 0.15) is 26.2 Å². The first-order chi connectivity index (χ1) is 8.79. The molecular weight excluding hydrogens is 250 g/mol. The van der Waals surface area contributed by atoms with Crippen molar-refractivity contribution in [1.82, 2.24) is 0 Å². The van der Waals surface area contributed by atoms with Crippen molar-refractivity contribution in [3.63, 3.8) is 0 Å². The topological polar surface area (TPSA) is 30.5 Å². The Morgan fingerprint density at radius 3 is 2.83 bits per heavy atom. The molecule has 0 spiro atoms. The number of rotatable bonds is 5. The molecular formula is C14H20ClNO2. The van der Waals surface area contributed by atoms with Gasteiger partial charge in [0.2, 0.25) is 0 Å². The largest absolute Gasteiger partial charge is 0.492 e. The van der Waals surface area contributed by atoms with E-state index < -0.39 is 0 Å². The molecule has 0 aromatic heterocycles. The molecule has 0 aliphatic carbocycles. The molecule has 4 heteroatoms. The maximum Gasteiger partial charge on any atom is 0.138 e. The highest BCUT2D eigenvalue weighted by Crippen LogP contribution is 2.28. The molecule has 3 nitrogen and oxygen atoms in total. The normalized spacial score (nSPS) is 16.6. The van der Waals surface area contributed by atoms with E-state index in [-0.39, 0.29) is 0 Å². The molecule has 100 valence electrons. The van der Waals surface area contributed by atoms with Crippen LogP contribution in [0.4, 0.5) is 5.69 Å². The first-order valence-electron chi connectivity index (χ1n) is 6.56. The second-order valence-corrected chi connectivity index (χ2v) is 4.93. The van der Waals surface area contributed by atoms with Crippen LogP contribution in [0.3, 0.4) is 0 Å². The molecule has 1 aliphatic rings. The molecule has 0 bridgehead atoms. The van der Waals surface area contributed by atoms with E-state index in [1.807, 2.05) is 18.2 Å². The fourth-order valence-electron chi connectivity index (χ4n) is 2.00. The van der Waals surface area contributed by atoms with E-state index in [0.717, 1.165) is 43.9 Å². The third-order valence-corrected chi connectivity index (χ3v) is 3.28. The summed E-state index contributed by atoms with van der Waals surface area (Å²) >= 11 is 6.19. The molecule has 1 aliphatic heterocycles. The van der Waals surface area contributed by atoms with E-state index in [9.17, 15) is 0 Å². The Morgan fingerprint density at radius 1 is 1.39 bits per heavy atom. The highest BCUT2D eigenvalue weighted by atomic mass is 35.5. The summed E-state index contributed by atoms with van der Waals surface area (Å²) in [4.78, 5) is 0. The van der Waals surface area contributed by atoms with Crippen molar-refractivity contribution in [2.24, 2.45) is 0 Å². The summed E-state index contributed by atoms with van der Waals surface area (Å²) in [6.45, 7) is 4.45. The van der Waals surface area contributed by atoms with Gasteiger partial charge < -0.3 is 14.8 Å². The van der Waals surface area contributed by atoms with Crippen LogP contribution in [0.15, 0.2) is 18.2 Å². The van der Waals surface area contributed by atoms with E-state index >= 15 is 0 Å². The van der Waals surface area contributed by atoms with E-state index in [1.54, 1.807) is 0 Å². The quantitative estimate of drug-likeness (QED) is 0.884. The summed E-state index contributed by atoms with van der Waals surface area (Å²) < 4.78 is 10.9. The van der Waals surface area contributed by atoms with Gasteiger partial charge in [0.25, 0.3) is 0 Å². The van der Waals surface area contributed by atoms with Gasteiger partial charge in [0.15, 0.2) is 0 Å². The number of anilines is 1. The highest BCUT2D eigenvalue weighted by Gasteiger charge is 2.13. The Bertz CT molecular complexity index is 378. The molecule has 18 heavy (non-hydrogen) atoms. The number of nitrogens with one attached hydrogen (secondary N) is 1. The van der Waals surface area contributed by atoms with Crippen LogP contribution in [0, 0.1) is 0 Å². The first-order valence-corrected chi connectivity index (χ1v) is 6.94. The molecule has 1 heterocycles. The number of halogens is 1. The minimum Gasteiger partial charge on any atom is -0.492 e. The summed E-state index contributed by atoms with van der Waals surface area (Å²) in [7, 11) is 0. The van der Waals surface area contributed by atoms with Gasteiger partial charge in [-0.2, -0.15) is 0 Å². The van der Waals surface area contributed by atoms with E-state index in [4.69, 9.17) is 21.1 Å². The van der Waals surface area contributed by atoms with Gasteiger partial charge in [0.1, 0.15) is 5.75 Å². The third kappa shape index (κ3) is 3.79. The molecule has 1 saturated heterocycles. The van der Waals surface area contributed by atoms with Crippen LogP contribution in [0.25, 0.3) is 0 Å². The lowest BCUT2D eigenvalue weighted by Crippen LogP contribution is -2.27. The van der Waals surface area contributed by atoms with E-state index in [0.29, 0.717) is 17.7 Å². The molecule has 1 fully saturated rings. The second-order valence-electron chi connectivity index (χ2n) is 4.52. The van der Waals surface area contributed by atoms with Crippen molar-refractivity contribution in [2.45, 2.75) is 32.2 Å². The summed E-state index contributed by atoms with van der Waals surface area (Å²) in [5, 5.41) is 4.15. The average molecular weight is 270 g/mol. The monoisotopic (exact) mass is 269 g/mol.